The quantitative estimate of drug-likeness (QED) is 0.723. The van der Waals surface area contributed by atoms with E-state index in [2.05, 4.69) is 15.6 Å². The molecule has 3 rings (SSSR count). The Labute approximate surface area is 152 Å². The van der Waals surface area contributed by atoms with Gasteiger partial charge in [-0.05, 0) is 42.7 Å². The summed E-state index contributed by atoms with van der Waals surface area (Å²) in [6.07, 6.45) is -2.04. The van der Waals surface area contributed by atoms with Gasteiger partial charge in [0.1, 0.15) is 0 Å². The second kappa shape index (κ2) is 7.13. The number of rotatable bonds is 2. The first-order valence-corrected chi connectivity index (χ1v) is 8.21. The number of urea groups is 1. The van der Waals surface area contributed by atoms with Crippen LogP contribution in [-0.4, -0.2) is 22.2 Å². The monoisotopic (exact) mass is 385 g/mol. The molecule has 1 aromatic heterocycles. The number of pyridine rings is 1. The topological polar surface area (TPSA) is 74.2 Å². The van der Waals surface area contributed by atoms with Crippen molar-refractivity contribution in [2.24, 2.45) is 0 Å². The molecule has 1 unspecified atom stereocenters. The smallest absolute Gasteiger partial charge is 0.393 e. The minimum absolute atomic E-state index is 0.0396. The summed E-state index contributed by atoms with van der Waals surface area (Å²) < 4.78 is 38.7. The van der Waals surface area contributed by atoms with Crippen LogP contribution in [0.2, 0.25) is 5.02 Å². The van der Waals surface area contributed by atoms with E-state index in [4.69, 9.17) is 11.6 Å². The van der Waals surface area contributed by atoms with Crippen LogP contribution >= 0.6 is 11.6 Å². The lowest BCUT2D eigenvalue weighted by Gasteiger charge is -2.22. The highest BCUT2D eigenvalue weighted by atomic mass is 35.5. The number of aromatic nitrogens is 1. The second-order valence-electron chi connectivity index (χ2n) is 5.95. The zero-order valence-corrected chi connectivity index (χ0v) is 14.2. The number of anilines is 2. The highest BCUT2D eigenvalue weighted by Crippen LogP contribution is 2.36. The number of nitrogens with zero attached hydrogens (tertiary/aromatic N) is 1. The number of alkyl halides is 3. The Balaban J connectivity index is 1.77. The van der Waals surface area contributed by atoms with E-state index in [0.717, 1.165) is 23.4 Å². The summed E-state index contributed by atoms with van der Waals surface area (Å²) in [7, 11) is 0. The van der Waals surface area contributed by atoms with Crippen LogP contribution in [0.1, 0.15) is 23.2 Å². The Kier molecular flexibility index (Phi) is 5.06. The summed E-state index contributed by atoms with van der Waals surface area (Å²) in [6, 6.07) is 4.01. The molecule has 1 heterocycles. The standard InChI is InChI=1S/C17H15ClF3N3O2/c18-13-3-1-9(7-12(13)17(19,20)21)23-16(26)24-15-5-6-22-14-4-2-10(25)8-11(14)15/h1,3,5-7,10,25H,2,4,8H2,(H2,22,23,24,26). The van der Waals surface area contributed by atoms with Gasteiger partial charge in [-0.2, -0.15) is 13.2 Å². The van der Waals surface area contributed by atoms with Crippen molar-refractivity contribution in [2.75, 3.05) is 10.6 Å². The minimum Gasteiger partial charge on any atom is -0.393 e. The van der Waals surface area contributed by atoms with Crippen LogP contribution in [0, 0.1) is 0 Å². The SMILES string of the molecule is O=C(Nc1ccc(Cl)c(C(F)(F)F)c1)Nc1ccnc2c1CC(O)CC2. The first kappa shape index (κ1) is 18.5. The van der Waals surface area contributed by atoms with Crippen LogP contribution in [0.15, 0.2) is 30.5 Å². The van der Waals surface area contributed by atoms with Crippen molar-refractivity contribution in [3.63, 3.8) is 0 Å². The number of hydrogen-bond donors (Lipinski definition) is 3. The molecule has 26 heavy (non-hydrogen) atoms. The van der Waals surface area contributed by atoms with Crippen molar-refractivity contribution in [3.05, 3.63) is 52.3 Å². The number of benzene rings is 1. The third-order valence-electron chi connectivity index (χ3n) is 4.08. The number of aliphatic hydroxyl groups excluding tert-OH is 1. The maximum absolute atomic E-state index is 12.9. The van der Waals surface area contributed by atoms with Crippen LogP contribution < -0.4 is 10.6 Å². The first-order chi connectivity index (χ1) is 12.2. The van der Waals surface area contributed by atoms with Gasteiger partial charge in [-0.3, -0.25) is 4.98 Å². The van der Waals surface area contributed by atoms with Crippen LogP contribution in [0.5, 0.6) is 0 Å². The number of fused-ring (bicyclic) bond motifs is 1. The molecule has 0 spiro atoms. The Morgan fingerprint density at radius 3 is 2.77 bits per heavy atom. The molecule has 0 saturated carbocycles. The molecule has 9 heteroatoms. The van der Waals surface area contributed by atoms with Gasteiger partial charge in [0, 0.05) is 29.7 Å². The molecular weight excluding hydrogens is 371 g/mol. The maximum Gasteiger partial charge on any atom is 0.417 e. The van der Waals surface area contributed by atoms with E-state index in [1.807, 2.05) is 0 Å². The number of carbonyl (C=O) groups is 1. The maximum atomic E-state index is 12.9. The normalized spacial score (nSPS) is 16.7. The molecule has 3 N–H and O–H groups in total. The number of halogens is 4. The van der Waals surface area contributed by atoms with E-state index in [9.17, 15) is 23.1 Å². The fourth-order valence-corrected chi connectivity index (χ4v) is 3.07. The largest absolute Gasteiger partial charge is 0.417 e. The molecule has 1 atom stereocenters. The van der Waals surface area contributed by atoms with Gasteiger partial charge in [0.25, 0.3) is 0 Å². The van der Waals surface area contributed by atoms with E-state index < -0.39 is 28.9 Å². The van der Waals surface area contributed by atoms with Crippen molar-refractivity contribution >= 4 is 29.0 Å². The van der Waals surface area contributed by atoms with Crippen LogP contribution in [-0.2, 0) is 19.0 Å². The molecule has 2 aromatic rings. The number of hydrogen-bond acceptors (Lipinski definition) is 3. The van der Waals surface area contributed by atoms with Crippen molar-refractivity contribution in [3.8, 4) is 0 Å². The molecule has 1 aliphatic rings. The zero-order valence-electron chi connectivity index (χ0n) is 13.4. The number of aryl methyl sites for hydroxylation is 1. The Morgan fingerprint density at radius 1 is 1.27 bits per heavy atom. The Hall–Kier alpha value is -2.32. The summed E-state index contributed by atoms with van der Waals surface area (Å²) >= 11 is 5.56. The van der Waals surface area contributed by atoms with Crippen molar-refractivity contribution in [1.82, 2.24) is 4.98 Å². The second-order valence-corrected chi connectivity index (χ2v) is 6.36. The first-order valence-electron chi connectivity index (χ1n) is 7.83. The van der Waals surface area contributed by atoms with Gasteiger partial charge in [0.15, 0.2) is 0 Å². The van der Waals surface area contributed by atoms with Gasteiger partial charge in [-0.25, -0.2) is 4.79 Å². The molecule has 1 aromatic carbocycles. The molecule has 1 aliphatic carbocycles. The summed E-state index contributed by atoms with van der Waals surface area (Å²) in [6.45, 7) is 0. The lowest BCUT2D eigenvalue weighted by atomic mass is 9.92. The van der Waals surface area contributed by atoms with E-state index in [1.54, 1.807) is 6.07 Å². The predicted molar refractivity (Wildman–Crippen MR) is 91.4 cm³/mol. The molecular formula is C17H15ClF3N3O2. The molecule has 0 saturated heterocycles. The highest BCUT2D eigenvalue weighted by molar-refractivity contribution is 6.31. The van der Waals surface area contributed by atoms with Gasteiger partial charge in [-0.15, -0.1) is 0 Å². The number of carbonyl (C=O) groups excluding carboxylic acids is 1. The zero-order chi connectivity index (χ0) is 18.9. The molecule has 0 aliphatic heterocycles. The van der Waals surface area contributed by atoms with Crippen molar-refractivity contribution in [1.29, 1.82) is 0 Å². The van der Waals surface area contributed by atoms with E-state index in [-0.39, 0.29) is 5.69 Å². The Morgan fingerprint density at radius 2 is 2.04 bits per heavy atom. The lowest BCUT2D eigenvalue weighted by molar-refractivity contribution is -0.137. The fraction of sp³-hybridized carbons (Fsp3) is 0.294. The molecule has 0 bridgehead atoms. The van der Waals surface area contributed by atoms with Crippen LogP contribution in [0.3, 0.4) is 0 Å². The number of amides is 2. The highest BCUT2D eigenvalue weighted by Gasteiger charge is 2.33. The molecule has 0 radical (unpaired) electrons. The molecule has 138 valence electrons. The summed E-state index contributed by atoms with van der Waals surface area (Å²) in [4.78, 5) is 16.4. The molecule has 0 fully saturated rings. The summed E-state index contributed by atoms with van der Waals surface area (Å²) in [5.41, 5.74) is 0.923. The third-order valence-corrected chi connectivity index (χ3v) is 4.41. The average molecular weight is 386 g/mol. The van der Waals surface area contributed by atoms with Crippen molar-refractivity contribution in [2.45, 2.75) is 31.5 Å². The number of nitrogens with one attached hydrogen (secondary N) is 2. The van der Waals surface area contributed by atoms with Crippen LogP contribution in [0.25, 0.3) is 0 Å². The van der Waals surface area contributed by atoms with Gasteiger partial charge >= 0.3 is 12.2 Å². The average Bonchev–Trinajstić information content (AvgIpc) is 2.56. The van der Waals surface area contributed by atoms with Crippen molar-refractivity contribution < 1.29 is 23.1 Å². The number of aliphatic hydroxyl groups is 1. The lowest BCUT2D eigenvalue weighted by Crippen LogP contribution is -2.25. The predicted octanol–water partition coefficient (Wildman–Crippen LogP) is 4.25. The molecule has 2 amide bonds. The van der Waals surface area contributed by atoms with Gasteiger partial charge in [0.2, 0.25) is 0 Å². The van der Waals surface area contributed by atoms with E-state index >= 15 is 0 Å². The van der Waals surface area contributed by atoms with E-state index in [1.165, 1.54) is 12.3 Å². The van der Waals surface area contributed by atoms with Gasteiger partial charge in [0.05, 0.1) is 16.7 Å². The summed E-state index contributed by atoms with van der Waals surface area (Å²) in [5.74, 6) is 0. The van der Waals surface area contributed by atoms with Gasteiger partial charge < -0.3 is 15.7 Å². The van der Waals surface area contributed by atoms with Gasteiger partial charge in [-0.1, -0.05) is 11.6 Å². The third kappa shape index (κ3) is 4.08. The fourth-order valence-electron chi connectivity index (χ4n) is 2.84. The summed E-state index contributed by atoms with van der Waals surface area (Å²) in [5, 5.41) is 14.3. The van der Waals surface area contributed by atoms with Crippen LogP contribution in [0.4, 0.5) is 29.3 Å². The van der Waals surface area contributed by atoms with E-state index in [0.29, 0.717) is 24.9 Å². The Bertz CT molecular complexity index is 842. The molecule has 5 nitrogen and oxygen atoms in total. The minimum atomic E-state index is -4.62.